The zero-order valence-corrected chi connectivity index (χ0v) is 17.0. The Morgan fingerprint density at radius 2 is 1.50 bits per heavy atom. The van der Waals surface area contributed by atoms with Crippen LogP contribution in [0, 0.1) is 11.6 Å². The van der Waals surface area contributed by atoms with E-state index in [1.54, 1.807) is 24.3 Å². The summed E-state index contributed by atoms with van der Waals surface area (Å²) in [5, 5.41) is 2.19. The first kappa shape index (κ1) is 21.5. The van der Waals surface area contributed by atoms with Crippen LogP contribution in [0.15, 0.2) is 65.6 Å². The monoisotopic (exact) mass is 452 g/mol. The minimum atomic E-state index is -3.86. The number of sulfonamides is 1. The number of carbonyl (C=O) groups excluding carboxylic acids is 1. The summed E-state index contributed by atoms with van der Waals surface area (Å²) in [6.45, 7) is 0. The Morgan fingerprint density at radius 3 is 2.10 bits per heavy atom. The Morgan fingerprint density at radius 1 is 0.933 bits per heavy atom. The molecule has 0 aliphatic rings. The number of rotatable bonds is 6. The average Bonchev–Trinajstić information content (AvgIpc) is 2.71. The highest BCUT2D eigenvalue weighted by Gasteiger charge is 2.17. The molecule has 0 bridgehead atoms. The third-order valence-corrected chi connectivity index (χ3v) is 5.73. The van der Waals surface area contributed by atoms with E-state index in [-0.39, 0.29) is 21.2 Å². The Bertz CT molecular complexity index is 1180. The van der Waals surface area contributed by atoms with Gasteiger partial charge in [-0.3, -0.25) is 9.52 Å². The van der Waals surface area contributed by atoms with E-state index in [1.165, 1.54) is 31.4 Å². The minimum Gasteiger partial charge on any atom is -0.497 e. The van der Waals surface area contributed by atoms with E-state index in [0.29, 0.717) is 23.6 Å². The number of benzene rings is 3. The zero-order chi connectivity index (χ0) is 21.9. The molecule has 0 saturated carbocycles. The molecule has 0 aromatic heterocycles. The number of hydrogen-bond donors (Lipinski definition) is 2. The summed E-state index contributed by atoms with van der Waals surface area (Å²) in [5.74, 6) is -2.57. The van der Waals surface area contributed by atoms with Crippen molar-refractivity contribution in [2.75, 3.05) is 17.1 Å². The lowest BCUT2D eigenvalue weighted by atomic mass is 10.2. The first-order chi connectivity index (χ1) is 14.2. The molecule has 0 heterocycles. The van der Waals surface area contributed by atoms with Crippen LogP contribution in [0.2, 0.25) is 5.02 Å². The molecule has 0 spiro atoms. The summed E-state index contributed by atoms with van der Waals surface area (Å²) >= 11 is 5.78. The number of amides is 1. The number of carbonyl (C=O) groups is 1. The van der Waals surface area contributed by atoms with E-state index in [4.69, 9.17) is 16.3 Å². The van der Waals surface area contributed by atoms with Crippen LogP contribution in [-0.4, -0.2) is 21.4 Å². The van der Waals surface area contributed by atoms with Crippen molar-refractivity contribution in [3.8, 4) is 5.75 Å². The van der Waals surface area contributed by atoms with E-state index in [0.717, 1.165) is 0 Å². The minimum absolute atomic E-state index is 0.0397. The second-order valence-electron chi connectivity index (χ2n) is 6.06. The topological polar surface area (TPSA) is 84.5 Å². The van der Waals surface area contributed by atoms with Gasteiger partial charge in [-0.05, 0) is 60.7 Å². The standard InChI is InChI=1S/C20H15ClF2N2O4S/c1-29-14-6-2-13(3-7-14)25-30(27,28)15-8-4-12(5-9-15)24-20(26)16-10-18(22)19(23)11-17(16)21/h2-11,25H,1H3,(H,24,26). The fourth-order valence-electron chi connectivity index (χ4n) is 2.49. The van der Waals surface area contributed by atoms with Crippen LogP contribution in [0.25, 0.3) is 0 Å². The lowest BCUT2D eigenvalue weighted by molar-refractivity contribution is 0.102. The highest BCUT2D eigenvalue weighted by atomic mass is 35.5. The summed E-state index contributed by atoms with van der Waals surface area (Å²) in [5.41, 5.74) is 0.332. The van der Waals surface area contributed by atoms with Crippen LogP contribution >= 0.6 is 11.6 Å². The van der Waals surface area contributed by atoms with Gasteiger partial charge in [-0.15, -0.1) is 0 Å². The van der Waals surface area contributed by atoms with Crippen molar-refractivity contribution in [2.45, 2.75) is 4.90 Å². The van der Waals surface area contributed by atoms with Crippen LogP contribution < -0.4 is 14.8 Å². The fraction of sp³-hybridized carbons (Fsp3) is 0.0500. The Labute approximate surface area is 176 Å². The van der Waals surface area contributed by atoms with Crippen molar-refractivity contribution in [3.05, 3.63) is 82.9 Å². The third kappa shape index (κ3) is 4.87. The lowest BCUT2D eigenvalue weighted by Crippen LogP contribution is -2.15. The zero-order valence-electron chi connectivity index (χ0n) is 15.4. The lowest BCUT2D eigenvalue weighted by Gasteiger charge is -2.10. The second-order valence-corrected chi connectivity index (χ2v) is 8.15. The van der Waals surface area contributed by atoms with E-state index < -0.39 is 27.6 Å². The molecule has 30 heavy (non-hydrogen) atoms. The molecule has 156 valence electrons. The van der Waals surface area contributed by atoms with Gasteiger partial charge in [-0.2, -0.15) is 0 Å². The van der Waals surface area contributed by atoms with Crippen LogP contribution in [0.4, 0.5) is 20.2 Å². The third-order valence-electron chi connectivity index (χ3n) is 4.02. The highest BCUT2D eigenvalue weighted by Crippen LogP contribution is 2.23. The summed E-state index contributed by atoms with van der Waals surface area (Å²) in [6.07, 6.45) is 0. The Balaban J connectivity index is 1.73. The van der Waals surface area contributed by atoms with Gasteiger partial charge < -0.3 is 10.1 Å². The van der Waals surface area contributed by atoms with Crippen molar-refractivity contribution >= 4 is 38.9 Å². The smallest absolute Gasteiger partial charge is 0.261 e. The van der Waals surface area contributed by atoms with Crippen molar-refractivity contribution in [1.82, 2.24) is 0 Å². The number of ether oxygens (including phenoxy) is 1. The molecule has 0 aliphatic heterocycles. The maximum Gasteiger partial charge on any atom is 0.261 e. The van der Waals surface area contributed by atoms with Crippen molar-refractivity contribution in [3.63, 3.8) is 0 Å². The number of anilines is 2. The van der Waals surface area contributed by atoms with Crippen LogP contribution in [0.5, 0.6) is 5.75 Å². The molecule has 0 fully saturated rings. The maximum atomic E-state index is 13.4. The molecule has 10 heteroatoms. The number of nitrogens with one attached hydrogen (secondary N) is 2. The molecule has 1 amide bonds. The van der Waals surface area contributed by atoms with Crippen molar-refractivity contribution in [2.24, 2.45) is 0 Å². The van der Waals surface area contributed by atoms with Gasteiger partial charge in [0.05, 0.1) is 22.6 Å². The van der Waals surface area contributed by atoms with Gasteiger partial charge in [0.25, 0.3) is 15.9 Å². The van der Waals surface area contributed by atoms with Gasteiger partial charge in [0, 0.05) is 11.4 Å². The van der Waals surface area contributed by atoms with Crippen LogP contribution in [-0.2, 0) is 10.0 Å². The molecule has 0 atom stereocenters. The van der Waals surface area contributed by atoms with Gasteiger partial charge in [0.1, 0.15) is 5.75 Å². The largest absolute Gasteiger partial charge is 0.497 e. The quantitative estimate of drug-likeness (QED) is 0.532. The Hall–Kier alpha value is -3.17. The van der Waals surface area contributed by atoms with Gasteiger partial charge >= 0.3 is 0 Å². The molecule has 0 radical (unpaired) electrons. The predicted molar refractivity (Wildman–Crippen MR) is 110 cm³/mol. The maximum absolute atomic E-state index is 13.4. The number of halogens is 3. The molecule has 0 unspecified atom stereocenters. The van der Waals surface area contributed by atoms with Crippen molar-refractivity contribution < 1.29 is 26.7 Å². The van der Waals surface area contributed by atoms with E-state index >= 15 is 0 Å². The van der Waals surface area contributed by atoms with Gasteiger partial charge in [-0.25, -0.2) is 17.2 Å². The highest BCUT2D eigenvalue weighted by molar-refractivity contribution is 7.92. The summed E-state index contributed by atoms with van der Waals surface area (Å²) in [7, 11) is -2.36. The first-order valence-corrected chi connectivity index (χ1v) is 10.3. The first-order valence-electron chi connectivity index (χ1n) is 8.42. The molecule has 3 aromatic rings. The number of methoxy groups -OCH3 is 1. The van der Waals surface area contributed by atoms with E-state index in [1.807, 2.05) is 0 Å². The summed E-state index contributed by atoms with van der Waals surface area (Å²) < 4.78 is 59.0. The summed E-state index contributed by atoms with van der Waals surface area (Å²) in [4.78, 5) is 12.2. The predicted octanol–water partition coefficient (Wildman–Crippen LogP) is 4.68. The molecule has 3 rings (SSSR count). The van der Waals surface area contributed by atoms with Gasteiger partial charge in [0.15, 0.2) is 11.6 Å². The van der Waals surface area contributed by atoms with Crippen molar-refractivity contribution in [1.29, 1.82) is 0 Å². The Kier molecular flexibility index (Phi) is 6.23. The molecular formula is C20H15ClF2N2O4S. The number of hydrogen-bond acceptors (Lipinski definition) is 4. The normalized spacial score (nSPS) is 11.1. The molecule has 0 aliphatic carbocycles. The molecule has 2 N–H and O–H groups in total. The summed E-state index contributed by atoms with van der Waals surface area (Å²) in [6, 6.07) is 13.0. The second kappa shape index (κ2) is 8.68. The van der Waals surface area contributed by atoms with E-state index in [9.17, 15) is 22.0 Å². The fourth-order valence-corrected chi connectivity index (χ4v) is 3.78. The molecule has 6 nitrogen and oxygen atoms in total. The van der Waals surface area contributed by atoms with Gasteiger partial charge in [-0.1, -0.05) is 11.6 Å². The SMILES string of the molecule is COc1ccc(NS(=O)(=O)c2ccc(NC(=O)c3cc(F)c(F)cc3Cl)cc2)cc1. The van der Waals surface area contributed by atoms with Crippen LogP contribution in [0.3, 0.4) is 0 Å². The molecule has 0 saturated heterocycles. The van der Waals surface area contributed by atoms with E-state index in [2.05, 4.69) is 10.0 Å². The molecular weight excluding hydrogens is 438 g/mol. The van der Waals surface area contributed by atoms with Crippen LogP contribution in [0.1, 0.15) is 10.4 Å². The van der Waals surface area contributed by atoms with Gasteiger partial charge in [0.2, 0.25) is 0 Å². The average molecular weight is 453 g/mol. The molecule has 3 aromatic carbocycles.